The number of piperidine rings is 1. The number of amides is 1. The molecule has 0 radical (unpaired) electrons. The number of benzene rings is 1. The van der Waals surface area contributed by atoms with Gasteiger partial charge in [-0.1, -0.05) is 12.1 Å². The van der Waals surface area contributed by atoms with E-state index in [0.717, 1.165) is 25.2 Å². The lowest BCUT2D eigenvalue weighted by molar-refractivity contribution is 0.102. The van der Waals surface area contributed by atoms with Crippen molar-refractivity contribution in [1.29, 1.82) is 0 Å². The fourth-order valence-electron chi connectivity index (χ4n) is 3.56. The SMILES string of the molecule is Cn1ncc(NC(=O)c2cncc(-c3ccccc3F)n2)c1N1CCC[C@@H](N)C1. The van der Waals surface area contributed by atoms with Crippen LogP contribution in [0.5, 0.6) is 0 Å². The molecule has 29 heavy (non-hydrogen) atoms. The summed E-state index contributed by atoms with van der Waals surface area (Å²) in [7, 11) is 1.82. The van der Waals surface area contributed by atoms with E-state index >= 15 is 0 Å². The summed E-state index contributed by atoms with van der Waals surface area (Å²) in [6, 6.07) is 6.33. The first-order chi connectivity index (χ1) is 14.0. The number of carbonyl (C=O) groups excluding carboxylic acids is 1. The Bertz CT molecular complexity index is 1040. The van der Waals surface area contributed by atoms with Gasteiger partial charge in [0.05, 0.1) is 24.3 Å². The van der Waals surface area contributed by atoms with E-state index in [9.17, 15) is 9.18 Å². The minimum Gasteiger partial charge on any atom is -0.354 e. The zero-order valence-electron chi connectivity index (χ0n) is 16.0. The molecule has 3 heterocycles. The number of nitrogens with zero attached hydrogens (tertiary/aromatic N) is 5. The molecule has 8 nitrogen and oxygen atoms in total. The molecule has 3 N–H and O–H groups in total. The molecule has 0 bridgehead atoms. The lowest BCUT2D eigenvalue weighted by Gasteiger charge is -2.32. The summed E-state index contributed by atoms with van der Waals surface area (Å²) in [6.07, 6.45) is 6.35. The maximum absolute atomic E-state index is 14.1. The molecular weight excluding hydrogens is 373 g/mol. The van der Waals surface area contributed by atoms with Gasteiger partial charge in [0, 0.05) is 31.7 Å². The van der Waals surface area contributed by atoms with Crippen LogP contribution in [0.4, 0.5) is 15.9 Å². The van der Waals surface area contributed by atoms with Crippen LogP contribution in [0, 0.1) is 5.82 Å². The van der Waals surface area contributed by atoms with Gasteiger partial charge >= 0.3 is 0 Å². The van der Waals surface area contributed by atoms with Crippen molar-refractivity contribution in [2.45, 2.75) is 18.9 Å². The molecule has 1 aromatic carbocycles. The average molecular weight is 395 g/mol. The molecule has 1 aliphatic heterocycles. The summed E-state index contributed by atoms with van der Waals surface area (Å²) in [5.74, 6) is -0.0618. The number of hydrogen-bond donors (Lipinski definition) is 2. The third kappa shape index (κ3) is 3.95. The van der Waals surface area contributed by atoms with Crippen molar-refractivity contribution < 1.29 is 9.18 Å². The summed E-state index contributed by atoms with van der Waals surface area (Å²) >= 11 is 0. The minimum absolute atomic E-state index is 0.0884. The predicted octanol–water partition coefficient (Wildman–Crippen LogP) is 2.20. The Hall–Kier alpha value is -3.33. The Balaban J connectivity index is 1.58. The lowest BCUT2D eigenvalue weighted by Crippen LogP contribution is -2.43. The van der Waals surface area contributed by atoms with Crippen molar-refractivity contribution in [2.24, 2.45) is 12.8 Å². The molecule has 1 fully saturated rings. The quantitative estimate of drug-likeness (QED) is 0.702. The summed E-state index contributed by atoms with van der Waals surface area (Å²) < 4.78 is 15.8. The molecule has 0 unspecified atom stereocenters. The lowest BCUT2D eigenvalue weighted by atomic mass is 10.1. The number of aryl methyl sites for hydroxylation is 1. The van der Waals surface area contributed by atoms with E-state index in [1.165, 1.54) is 18.5 Å². The first kappa shape index (κ1) is 19.0. The molecule has 0 saturated carbocycles. The highest BCUT2D eigenvalue weighted by Crippen LogP contribution is 2.28. The van der Waals surface area contributed by atoms with Crippen LogP contribution in [-0.2, 0) is 7.05 Å². The standard InChI is InChI=1S/C20H22FN7O/c1-27-20(28-8-4-5-13(22)12-28)18(11-24-27)26-19(29)17-10-23-9-16(25-17)14-6-2-3-7-15(14)21/h2-3,6-7,9-11,13H,4-5,8,12,22H2,1H3,(H,26,29)/t13-/m1/s1. The number of anilines is 2. The third-order valence-corrected chi connectivity index (χ3v) is 4.93. The number of hydrogen-bond acceptors (Lipinski definition) is 6. The van der Waals surface area contributed by atoms with E-state index in [1.807, 2.05) is 7.05 Å². The monoisotopic (exact) mass is 395 g/mol. The fraction of sp³-hybridized carbons (Fsp3) is 0.300. The normalized spacial score (nSPS) is 16.7. The molecule has 4 rings (SSSR count). The van der Waals surface area contributed by atoms with Gasteiger partial charge in [0.15, 0.2) is 5.82 Å². The Labute approximate surface area is 167 Å². The minimum atomic E-state index is -0.439. The third-order valence-electron chi connectivity index (χ3n) is 4.93. The molecule has 1 amide bonds. The van der Waals surface area contributed by atoms with E-state index < -0.39 is 11.7 Å². The smallest absolute Gasteiger partial charge is 0.276 e. The summed E-state index contributed by atoms with van der Waals surface area (Å²) in [5, 5.41) is 7.13. The summed E-state index contributed by atoms with van der Waals surface area (Å²) in [6.45, 7) is 1.55. The van der Waals surface area contributed by atoms with E-state index in [1.54, 1.807) is 29.1 Å². The van der Waals surface area contributed by atoms with Gasteiger partial charge in [-0.25, -0.2) is 9.37 Å². The van der Waals surface area contributed by atoms with Gasteiger partial charge in [-0.15, -0.1) is 0 Å². The Kier molecular flexibility index (Phi) is 5.22. The molecule has 1 aliphatic rings. The zero-order valence-corrected chi connectivity index (χ0v) is 16.0. The molecule has 1 atom stereocenters. The van der Waals surface area contributed by atoms with Gasteiger partial charge in [-0.05, 0) is 25.0 Å². The maximum atomic E-state index is 14.1. The Morgan fingerprint density at radius 3 is 2.90 bits per heavy atom. The average Bonchev–Trinajstić information content (AvgIpc) is 3.08. The van der Waals surface area contributed by atoms with Crippen molar-refractivity contribution in [2.75, 3.05) is 23.3 Å². The van der Waals surface area contributed by atoms with Crippen molar-refractivity contribution in [3.8, 4) is 11.3 Å². The highest BCUT2D eigenvalue weighted by atomic mass is 19.1. The van der Waals surface area contributed by atoms with Gasteiger partial charge in [0.2, 0.25) is 0 Å². The first-order valence-corrected chi connectivity index (χ1v) is 9.44. The molecular formula is C20H22FN7O. The van der Waals surface area contributed by atoms with Gasteiger partial charge < -0.3 is 16.0 Å². The van der Waals surface area contributed by atoms with Crippen molar-refractivity contribution in [3.05, 3.63) is 54.4 Å². The van der Waals surface area contributed by atoms with Crippen molar-refractivity contribution in [3.63, 3.8) is 0 Å². The number of nitrogens with one attached hydrogen (secondary N) is 1. The van der Waals surface area contributed by atoms with Crippen LogP contribution < -0.4 is 16.0 Å². The zero-order chi connectivity index (χ0) is 20.4. The molecule has 0 aliphatic carbocycles. The fourth-order valence-corrected chi connectivity index (χ4v) is 3.56. The van der Waals surface area contributed by atoms with Crippen LogP contribution in [0.3, 0.4) is 0 Å². The first-order valence-electron chi connectivity index (χ1n) is 9.44. The van der Waals surface area contributed by atoms with Crippen LogP contribution in [0.25, 0.3) is 11.3 Å². The predicted molar refractivity (Wildman–Crippen MR) is 108 cm³/mol. The van der Waals surface area contributed by atoms with Crippen LogP contribution >= 0.6 is 0 Å². The van der Waals surface area contributed by atoms with Crippen molar-refractivity contribution in [1.82, 2.24) is 19.7 Å². The highest BCUT2D eigenvalue weighted by Gasteiger charge is 2.24. The highest BCUT2D eigenvalue weighted by molar-refractivity contribution is 6.04. The largest absolute Gasteiger partial charge is 0.354 e. The topological polar surface area (TPSA) is 102 Å². The summed E-state index contributed by atoms with van der Waals surface area (Å²) in [4.78, 5) is 23.3. The number of carbonyl (C=O) groups is 1. The second-order valence-electron chi connectivity index (χ2n) is 7.08. The molecule has 1 saturated heterocycles. The Morgan fingerprint density at radius 1 is 1.28 bits per heavy atom. The van der Waals surface area contributed by atoms with Crippen LogP contribution in [-0.4, -0.2) is 44.8 Å². The van der Waals surface area contributed by atoms with Gasteiger partial charge in [0.1, 0.15) is 17.2 Å². The van der Waals surface area contributed by atoms with E-state index in [4.69, 9.17) is 5.73 Å². The Morgan fingerprint density at radius 2 is 2.10 bits per heavy atom. The van der Waals surface area contributed by atoms with E-state index in [2.05, 4.69) is 25.3 Å². The van der Waals surface area contributed by atoms with E-state index in [-0.39, 0.29) is 11.7 Å². The van der Waals surface area contributed by atoms with Crippen molar-refractivity contribution >= 4 is 17.4 Å². The van der Waals surface area contributed by atoms with E-state index in [0.29, 0.717) is 23.5 Å². The molecule has 3 aromatic rings. The van der Waals surface area contributed by atoms with Gasteiger partial charge in [-0.3, -0.25) is 14.5 Å². The van der Waals surface area contributed by atoms with Crippen LogP contribution in [0.1, 0.15) is 23.3 Å². The molecule has 150 valence electrons. The number of halogens is 1. The second-order valence-corrected chi connectivity index (χ2v) is 7.08. The second kappa shape index (κ2) is 7.96. The molecule has 2 aromatic heterocycles. The summed E-state index contributed by atoms with van der Waals surface area (Å²) in [5.41, 5.74) is 7.35. The van der Waals surface area contributed by atoms with Gasteiger partial charge in [0.25, 0.3) is 5.91 Å². The number of nitrogens with two attached hydrogens (primary N) is 1. The molecule has 9 heteroatoms. The number of rotatable bonds is 4. The van der Waals surface area contributed by atoms with Gasteiger partial charge in [-0.2, -0.15) is 5.10 Å². The van der Waals surface area contributed by atoms with Crippen LogP contribution in [0.15, 0.2) is 42.9 Å². The van der Waals surface area contributed by atoms with Crippen LogP contribution in [0.2, 0.25) is 0 Å². The molecule has 0 spiro atoms. The maximum Gasteiger partial charge on any atom is 0.276 e. The number of aromatic nitrogens is 4.